The van der Waals surface area contributed by atoms with Gasteiger partial charge in [-0.3, -0.25) is 4.79 Å². The van der Waals surface area contributed by atoms with E-state index in [0.717, 1.165) is 19.3 Å². The maximum Gasteiger partial charge on any atom is 0.244 e. The molecule has 0 atom stereocenters. The summed E-state index contributed by atoms with van der Waals surface area (Å²) >= 11 is 0. The topological polar surface area (TPSA) is 29.1 Å². The van der Waals surface area contributed by atoms with E-state index >= 15 is 0 Å². The normalized spacial score (nSPS) is 17.7. The molecular weight excluding hydrogens is 198 g/mol. The van der Waals surface area contributed by atoms with Gasteiger partial charge in [0.1, 0.15) is 0 Å². The number of rotatable bonds is 1. The van der Waals surface area contributed by atoms with Gasteiger partial charge in [-0.25, -0.2) is 0 Å². The van der Waals surface area contributed by atoms with Crippen molar-refractivity contribution in [2.75, 3.05) is 7.05 Å². The summed E-state index contributed by atoms with van der Waals surface area (Å²) in [5, 5.41) is 2.65. The largest absolute Gasteiger partial charge is 0.356 e. The summed E-state index contributed by atoms with van der Waals surface area (Å²) < 4.78 is 0. The van der Waals surface area contributed by atoms with Crippen molar-refractivity contribution in [1.82, 2.24) is 5.32 Å². The Labute approximate surface area is 96.4 Å². The van der Waals surface area contributed by atoms with Gasteiger partial charge in [0.15, 0.2) is 0 Å². The highest BCUT2D eigenvalue weighted by molar-refractivity contribution is 5.95. The molecule has 1 aromatic rings. The van der Waals surface area contributed by atoms with Crippen LogP contribution in [0.2, 0.25) is 0 Å². The first-order valence-electron chi connectivity index (χ1n) is 5.82. The summed E-state index contributed by atoms with van der Waals surface area (Å²) in [6.07, 6.45) is 6.25. The molecule has 1 aliphatic carbocycles. The van der Waals surface area contributed by atoms with Crippen LogP contribution in [-0.4, -0.2) is 13.0 Å². The number of carbonyl (C=O) groups excluding carboxylic acids is 1. The first-order chi connectivity index (χ1) is 7.81. The van der Waals surface area contributed by atoms with Crippen LogP contribution in [0.1, 0.15) is 30.4 Å². The molecule has 1 N–H and O–H groups in total. The van der Waals surface area contributed by atoms with E-state index in [0.29, 0.717) is 0 Å². The zero-order valence-corrected chi connectivity index (χ0v) is 9.62. The lowest BCUT2D eigenvalue weighted by atomic mass is 9.98. The molecule has 16 heavy (non-hydrogen) atoms. The van der Waals surface area contributed by atoms with Crippen LogP contribution in [0.4, 0.5) is 0 Å². The minimum absolute atomic E-state index is 0.00768. The molecule has 0 saturated heterocycles. The van der Waals surface area contributed by atoms with Crippen LogP contribution in [0.5, 0.6) is 0 Å². The van der Waals surface area contributed by atoms with Gasteiger partial charge in [-0.05, 0) is 42.4 Å². The minimum atomic E-state index is -0.00768. The molecule has 2 rings (SSSR count). The molecule has 1 aliphatic rings. The first-order valence-corrected chi connectivity index (χ1v) is 5.82. The van der Waals surface area contributed by atoms with Gasteiger partial charge >= 0.3 is 0 Å². The molecule has 0 unspecified atom stereocenters. The highest BCUT2D eigenvalue weighted by Gasteiger charge is 2.12. The Morgan fingerprint density at radius 3 is 2.81 bits per heavy atom. The summed E-state index contributed by atoms with van der Waals surface area (Å²) in [6, 6.07) is 8.40. The lowest BCUT2D eigenvalue weighted by Crippen LogP contribution is -2.15. The number of fused-ring (bicyclic) bond motifs is 1. The lowest BCUT2D eigenvalue weighted by molar-refractivity contribution is -0.116. The number of nitrogens with one attached hydrogen (secondary N) is 1. The van der Waals surface area contributed by atoms with Crippen LogP contribution < -0.4 is 5.32 Å². The van der Waals surface area contributed by atoms with Gasteiger partial charge in [0.05, 0.1) is 0 Å². The van der Waals surface area contributed by atoms with E-state index in [2.05, 4.69) is 23.5 Å². The molecule has 0 aromatic heterocycles. The second-order valence-electron chi connectivity index (χ2n) is 4.15. The van der Waals surface area contributed by atoms with Crippen LogP contribution in [-0.2, 0) is 11.2 Å². The third kappa shape index (κ3) is 2.32. The molecule has 0 saturated carbocycles. The number of carbonyl (C=O) groups is 1. The van der Waals surface area contributed by atoms with E-state index < -0.39 is 0 Å². The number of benzene rings is 1. The van der Waals surface area contributed by atoms with Gasteiger partial charge in [-0.1, -0.05) is 24.3 Å². The predicted molar refractivity (Wildman–Crippen MR) is 66.0 cm³/mol. The van der Waals surface area contributed by atoms with Crippen molar-refractivity contribution in [3.05, 3.63) is 41.5 Å². The maximum absolute atomic E-state index is 11.4. The number of amides is 1. The molecule has 1 aromatic carbocycles. The summed E-state index contributed by atoms with van der Waals surface area (Å²) in [5.41, 5.74) is 3.80. The number of likely N-dealkylation sites (N-methyl/N-ethyl adjacent to an activating group) is 1. The molecule has 0 heterocycles. The molecule has 0 fully saturated rings. The number of allylic oxidation sites excluding steroid dienone is 1. The van der Waals surface area contributed by atoms with Gasteiger partial charge in [0.25, 0.3) is 0 Å². The van der Waals surface area contributed by atoms with E-state index in [1.807, 2.05) is 6.07 Å². The maximum atomic E-state index is 11.4. The molecule has 2 nitrogen and oxygen atoms in total. The van der Waals surface area contributed by atoms with Crippen LogP contribution in [0.15, 0.2) is 30.3 Å². The predicted octanol–water partition coefficient (Wildman–Crippen LogP) is 2.54. The second-order valence-corrected chi connectivity index (χ2v) is 4.15. The van der Waals surface area contributed by atoms with E-state index in [1.54, 1.807) is 13.1 Å². The smallest absolute Gasteiger partial charge is 0.244 e. The molecule has 84 valence electrons. The zero-order valence-electron chi connectivity index (χ0n) is 9.62. The fraction of sp³-hybridized carbons (Fsp3) is 0.357. The molecule has 1 amide bonds. The van der Waals surface area contributed by atoms with Crippen LogP contribution in [0, 0.1) is 0 Å². The molecular formula is C14H17NO. The molecule has 0 radical (unpaired) electrons. The molecule has 0 aliphatic heterocycles. The van der Waals surface area contributed by atoms with E-state index in [9.17, 15) is 4.79 Å². The molecule has 2 heteroatoms. The molecule has 0 bridgehead atoms. The Bertz CT molecular complexity index is 420. The van der Waals surface area contributed by atoms with Crippen LogP contribution in [0.25, 0.3) is 5.57 Å². The van der Waals surface area contributed by atoms with Gasteiger partial charge in [-0.2, -0.15) is 0 Å². The van der Waals surface area contributed by atoms with Crippen molar-refractivity contribution in [2.24, 2.45) is 0 Å². The Balaban J connectivity index is 2.40. The highest BCUT2D eigenvalue weighted by Crippen LogP contribution is 2.29. The zero-order chi connectivity index (χ0) is 11.4. The van der Waals surface area contributed by atoms with Gasteiger partial charge in [0.2, 0.25) is 5.91 Å². The third-order valence-corrected chi connectivity index (χ3v) is 3.06. The van der Waals surface area contributed by atoms with Crippen LogP contribution >= 0.6 is 0 Å². The highest BCUT2D eigenvalue weighted by atomic mass is 16.1. The van der Waals surface area contributed by atoms with Crippen molar-refractivity contribution >= 4 is 11.5 Å². The van der Waals surface area contributed by atoms with Gasteiger partial charge in [0, 0.05) is 13.1 Å². The van der Waals surface area contributed by atoms with E-state index in [1.165, 1.54) is 23.1 Å². The standard InChI is InChI=1S/C14H17NO/c1-15-14(16)10-12-8-3-2-6-11-7-4-5-9-13(11)12/h4-5,7,9-10H,2-3,6,8H2,1H3,(H,15,16)/b12-10+. The Morgan fingerprint density at radius 2 is 2.00 bits per heavy atom. The van der Waals surface area contributed by atoms with Gasteiger partial charge in [-0.15, -0.1) is 0 Å². The monoisotopic (exact) mass is 215 g/mol. The Kier molecular flexibility index (Phi) is 3.40. The quantitative estimate of drug-likeness (QED) is 0.566. The average molecular weight is 215 g/mol. The van der Waals surface area contributed by atoms with Crippen molar-refractivity contribution in [3.63, 3.8) is 0 Å². The van der Waals surface area contributed by atoms with Crippen molar-refractivity contribution < 1.29 is 4.79 Å². The lowest BCUT2D eigenvalue weighted by Gasteiger charge is -2.08. The van der Waals surface area contributed by atoms with E-state index in [-0.39, 0.29) is 5.91 Å². The van der Waals surface area contributed by atoms with Crippen molar-refractivity contribution in [2.45, 2.75) is 25.7 Å². The number of hydrogen-bond acceptors (Lipinski definition) is 1. The fourth-order valence-corrected chi connectivity index (χ4v) is 2.20. The Morgan fingerprint density at radius 1 is 1.25 bits per heavy atom. The third-order valence-electron chi connectivity index (χ3n) is 3.06. The van der Waals surface area contributed by atoms with Crippen molar-refractivity contribution in [1.29, 1.82) is 0 Å². The van der Waals surface area contributed by atoms with E-state index in [4.69, 9.17) is 0 Å². The summed E-state index contributed by atoms with van der Waals surface area (Å²) in [5.74, 6) is -0.00768. The second kappa shape index (κ2) is 4.97. The average Bonchev–Trinajstić information content (AvgIpc) is 2.52. The summed E-state index contributed by atoms with van der Waals surface area (Å²) in [7, 11) is 1.67. The fourth-order valence-electron chi connectivity index (χ4n) is 2.20. The minimum Gasteiger partial charge on any atom is -0.356 e. The van der Waals surface area contributed by atoms with Crippen molar-refractivity contribution in [3.8, 4) is 0 Å². The number of hydrogen-bond donors (Lipinski definition) is 1. The number of aryl methyl sites for hydroxylation is 1. The first kappa shape index (κ1) is 10.9. The summed E-state index contributed by atoms with van der Waals surface area (Å²) in [4.78, 5) is 11.4. The summed E-state index contributed by atoms with van der Waals surface area (Å²) in [6.45, 7) is 0. The Hall–Kier alpha value is -1.57. The van der Waals surface area contributed by atoms with Crippen LogP contribution in [0.3, 0.4) is 0 Å². The SMILES string of the molecule is CNC(=O)/C=C1\CCCCc2ccccc21. The van der Waals surface area contributed by atoms with Gasteiger partial charge < -0.3 is 5.32 Å². The molecule has 0 spiro atoms.